The summed E-state index contributed by atoms with van der Waals surface area (Å²) in [6.07, 6.45) is 1.39. The standard InChI is InChI=1S/C10H18BrNO3S/c1-2-12(6-3-5-11)10(13)9-4-7-16(14,15)8-9/h9H,2-8H2,1H3. The van der Waals surface area contributed by atoms with Gasteiger partial charge >= 0.3 is 0 Å². The maximum absolute atomic E-state index is 12.0. The van der Waals surface area contributed by atoms with Crippen molar-refractivity contribution in [2.45, 2.75) is 19.8 Å². The minimum absolute atomic E-state index is 0.00419. The predicted octanol–water partition coefficient (Wildman–Crippen LogP) is 1.05. The van der Waals surface area contributed by atoms with Crippen LogP contribution >= 0.6 is 15.9 Å². The summed E-state index contributed by atoms with van der Waals surface area (Å²) in [7, 11) is -2.96. The first kappa shape index (κ1) is 14.0. The molecule has 0 spiro atoms. The van der Waals surface area contributed by atoms with Crippen LogP contribution in [0.1, 0.15) is 19.8 Å². The average Bonchev–Trinajstić information content (AvgIpc) is 2.59. The fraction of sp³-hybridized carbons (Fsp3) is 0.900. The second-order valence-electron chi connectivity index (χ2n) is 4.06. The van der Waals surface area contributed by atoms with Crippen molar-refractivity contribution in [2.24, 2.45) is 5.92 Å². The monoisotopic (exact) mass is 311 g/mol. The SMILES string of the molecule is CCN(CCCBr)C(=O)C1CCS(=O)(=O)C1. The molecule has 16 heavy (non-hydrogen) atoms. The number of hydrogen-bond donors (Lipinski definition) is 0. The molecule has 6 heteroatoms. The van der Waals surface area contributed by atoms with Gasteiger partial charge in [0.1, 0.15) is 0 Å². The predicted molar refractivity (Wildman–Crippen MR) is 67.4 cm³/mol. The fourth-order valence-corrected chi connectivity index (χ4v) is 3.91. The normalized spacial score (nSPS) is 23.2. The Morgan fingerprint density at radius 3 is 2.62 bits per heavy atom. The molecule has 0 radical (unpaired) electrons. The van der Waals surface area contributed by atoms with Gasteiger partial charge in [-0.25, -0.2) is 8.42 Å². The van der Waals surface area contributed by atoms with Crippen LogP contribution in [0, 0.1) is 5.92 Å². The molecule has 1 saturated heterocycles. The van der Waals surface area contributed by atoms with Crippen LogP contribution in [-0.2, 0) is 14.6 Å². The number of rotatable bonds is 5. The third-order valence-electron chi connectivity index (χ3n) is 2.84. The molecular formula is C10H18BrNO3S. The van der Waals surface area contributed by atoms with Gasteiger partial charge in [0.2, 0.25) is 5.91 Å². The van der Waals surface area contributed by atoms with E-state index in [9.17, 15) is 13.2 Å². The van der Waals surface area contributed by atoms with Crippen LogP contribution in [0.2, 0.25) is 0 Å². The summed E-state index contributed by atoms with van der Waals surface area (Å²) < 4.78 is 22.6. The molecule has 94 valence electrons. The number of sulfone groups is 1. The zero-order valence-corrected chi connectivity index (χ0v) is 11.9. The van der Waals surface area contributed by atoms with Crippen molar-refractivity contribution in [3.63, 3.8) is 0 Å². The lowest BCUT2D eigenvalue weighted by molar-refractivity contribution is -0.134. The lowest BCUT2D eigenvalue weighted by Crippen LogP contribution is -2.37. The first-order valence-electron chi connectivity index (χ1n) is 5.55. The third kappa shape index (κ3) is 3.73. The minimum Gasteiger partial charge on any atom is -0.343 e. The van der Waals surface area contributed by atoms with E-state index >= 15 is 0 Å². The zero-order valence-electron chi connectivity index (χ0n) is 9.49. The largest absolute Gasteiger partial charge is 0.343 e. The summed E-state index contributed by atoms with van der Waals surface area (Å²) in [5, 5.41) is 0.861. The van der Waals surface area contributed by atoms with E-state index < -0.39 is 9.84 Å². The number of carbonyl (C=O) groups is 1. The van der Waals surface area contributed by atoms with E-state index in [1.807, 2.05) is 6.92 Å². The Kier molecular flexibility index (Phi) is 5.24. The van der Waals surface area contributed by atoms with Crippen LogP contribution in [0.5, 0.6) is 0 Å². The van der Waals surface area contributed by atoms with Crippen molar-refractivity contribution in [1.82, 2.24) is 4.90 Å². The Morgan fingerprint density at radius 1 is 1.50 bits per heavy atom. The number of alkyl halides is 1. The van der Waals surface area contributed by atoms with Gasteiger partial charge in [-0.2, -0.15) is 0 Å². The van der Waals surface area contributed by atoms with Crippen LogP contribution in [0.15, 0.2) is 0 Å². The highest BCUT2D eigenvalue weighted by molar-refractivity contribution is 9.09. The molecule has 0 saturated carbocycles. The van der Waals surface area contributed by atoms with Gasteiger partial charge < -0.3 is 4.90 Å². The average molecular weight is 312 g/mol. The summed E-state index contributed by atoms with van der Waals surface area (Å²) >= 11 is 3.32. The van der Waals surface area contributed by atoms with E-state index in [0.717, 1.165) is 11.8 Å². The molecule has 1 heterocycles. The van der Waals surface area contributed by atoms with E-state index in [1.165, 1.54) is 0 Å². The van der Waals surface area contributed by atoms with Gasteiger partial charge in [-0.3, -0.25) is 4.79 Å². The summed E-state index contributed by atoms with van der Waals surface area (Å²) in [5.74, 6) is -0.0967. The fourth-order valence-electron chi connectivity index (χ4n) is 1.92. The molecular weight excluding hydrogens is 294 g/mol. The highest BCUT2D eigenvalue weighted by Gasteiger charge is 2.34. The summed E-state index contributed by atoms with van der Waals surface area (Å²) in [6.45, 7) is 3.29. The van der Waals surface area contributed by atoms with Gasteiger partial charge in [0.05, 0.1) is 17.4 Å². The number of hydrogen-bond acceptors (Lipinski definition) is 3. The Hall–Kier alpha value is -0.100. The Balaban J connectivity index is 2.55. The van der Waals surface area contributed by atoms with Gasteiger partial charge in [-0.1, -0.05) is 15.9 Å². The van der Waals surface area contributed by atoms with Gasteiger partial charge in [0.25, 0.3) is 0 Å². The second-order valence-corrected chi connectivity index (χ2v) is 7.08. The number of carbonyl (C=O) groups excluding carboxylic acids is 1. The van der Waals surface area contributed by atoms with Crippen molar-refractivity contribution in [3.8, 4) is 0 Å². The molecule has 1 fully saturated rings. The van der Waals surface area contributed by atoms with Crippen molar-refractivity contribution in [2.75, 3.05) is 29.9 Å². The number of halogens is 1. The van der Waals surface area contributed by atoms with E-state index in [0.29, 0.717) is 19.5 Å². The summed E-state index contributed by atoms with van der Waals surface area (Å²) in [4.78, 5) is 13.8. The third-order valence-corrected chi connectivity index (χ3v) is 5.17. The first-order chi connectivity index (χ1) is 7.50. The Morgan fingerprint density at radius 2 is 2.19 bits per heavy atom. The van der Waals surface area contributed by atoms with Gasteiger partial charge in [0.15, 0.2) is 9.84 Å². The molecule has 1 amide bonds. The van der Waals surface area contributed by atoms with Crippen molar-refractivity contribution < 1.29 is 13.2 Å². The first-order valence-corrected chi connectivity index (χ1v) is 8.49. The molecule has 1 aliphatic heterocycles. The van der Waals surface area contributed by atoms with Crippen LogP contribution in [-0.4, -0.2) is 49.2 Å². The van der Waals surface area contributed by atoms with Crippen LogP contribution in [0.3, 0.4) is 0 Å². The van der Waals surface area contributed by atoms with Crippen molar-refractivity contribution >= 4 is 31.7 Å². The van der Waals surface area contributed by atoms with Crippen molar-refractivity contribution in [1.29, 1.82) is 0 Å². The van der Waals surface area contributed by atoms with Crippen LogP contribution in [0.25, 0.3) is 0 Å². The Bertz CT molecular complexity index is 342. The molecule has 0 N–H and O–H groups in total. The molecule has 1 rings (SSSR count). The number of nitrogens with zero attached hydrogens (tertiary/aromatic N) is 1. The summed E-state index contributed by atoms with van der Waals surface area (Å²) in [5.41, 5.74) is 0. The van der Waals surface area contributed by atoms with E-state index in [4.69, 9.17) is 0 Å². The van der Waals surface area contributed by atoms with E-state index in [2.05, 4.69) is 15.9 Å². The second kappa shape index (κ2) is 6.00. The molecule has 0 bridgehead atoms. The van der Waals surface area contributed by atoms with Crippen LogP contribution in [0.4, 0.5) is 0 Å². The maximum Gasteiger partial charge on any atom is 0.226 e. The zero-order chi connectivity index (χ0) is 12.2. The molecule has 0 aromatic carbocycles. The summed E-state index contributed by atoms with van der Waals surface area (Å²) in [6, 6.07) is 0. The van der Waals surface area contributed by atoms with Crippen molar-refractivity contribution in [3.05, 3.63) is 0 Å². The van der Waals surface area contributed by atoms with E-state index in [1.54, 1.807) is 4.90 Å². The smallest absolute Gasteiger partial charge is 0.226 e. The topological polar surface area (TPSA) is 54.5 Å². The minimum atomic E-state index is -2.96. The van der Waals surface area contributed by atoms with Gasteiger partial charge in [-0.05, 0) is 19.8 Å². The highest BCUT2D eigenvalue weighted by atomic mass is 79.9. The number of amides is 1. The highest BCUT2D eigenvalue weighted by Crippen LogP contribution is 2.20. The molecule has 0 aromatic rings. The molecule has 1 aliphatic rings. The molecule has 1 atom stereocenters. The van der Waals surface area contributed by atoms with Crippen LogP contribution < -0.4 is 0 Å². The molecule has 4 nitrogen and oxygen atoms in total. The molecule has 0 aromatic heterocycles. The molecule has 1 unspecified atom stereocenters. The van der Waals surface area contributed by atoms with E-state index in [-0.39, 0.29) is 23.3 Å². The lowest BCUT2D eigenvalue weighted by atomic mass is 10.1. The quantitative estimate of drug-likeness (QED) is 0.713. The van der Waals surface area contributed by atoms with Gasteiger partial charge in [-0.15, -0.1) is 0 Å². The lowest BCUT2D eigenvalue weighted by Gasteiger charge is -2.23. The van der Waals surface area contributed by atoms with Gasteiger partial charge in [0, 0.05) is 18.4 Å². The Labute approximate surface area is 105 Å². The maximum atomic E-state index is 12.0. The molecule has 0 aliphatic carbocycles.